The molecule has 2 aliphatic rings. The summed E-state index contributed by atoms with van der Waals surface area (Å²) in [6.45, 7) is 7.50. The van der Waals surface area contributed by atoms with E-state index in [4.69, 9.17) is 0 Å². The molecule has 3 atom stereocenters. The van der Waals surface area contributed by atoms with Gasteiger partial charge in [0.05, 0.1) is 0 Å². The third-order valence-corrected chi connectivity index (χ3v) is 5.31. The van der Waals surface area contributed by atoms with Crippen LogP contribution in [0, 0.1) is 5.92 Å². The van der Waals surface area contributed by atoms with E-state index in [-0.39, 0.29) is 0 Å². The molecule has 3 unspecified atom stereocenters. The fourth-order valence-corrected chi connectivity index (χ4v) is 4.07. The number of rotatable bonds is 5. The quantitative estimate of drug-likeness (QED) is 0.824. The van der Waals surface area contributed by atoms with Gasteiger partial charge in [-0.3, -0.25) is 4.90 Å². The van der Waals surface area contributed by atoms with Crippen LogP contribution in [0.1, 0.15) is 45.4 Å². The average molecular weight is 267 g/mol. The molecular formula is C16H33N3. The van der Waals surface area contributed by atoms with Crippen LogP contribution in [0.3, 0.4) is 0 Å². The lowest BCUT2D eigenvalue weighted by Gasteiger charge is -2.31. The maximum atomic E-state index is 3.52. The molecule has 3 heteroatoms. The van der Waals surface area contributed by atoms with Crippen LogP contribution in [-0.2, 0) is 0 Å². The first kappa shape index (κ1) is 15.3. The predicted octanol–water partition coefficient (Wildman–Crippen LogP) is 2.18. The van der Waals surface area contributed by atoms with Crippen LogP contribution < -0.4 is 5.32 Å². The molecule has 2 rings (SSSR count). The first-order chi connectivity index (χ1) is 9.24. The maximum Gasteiger partial charge on any atom is 0.0220 e. The van der Waals surface area contributed by atoms with Gasteiger partial charge in [0.15, 0.2) is 0 Å². The molecule has 1 heterocycles. The lowest BCUT2D eigenvalue weighted by molar-refractivity contribution is 0.169. The van der Waals surface area contributed by atoms with Gasteiger partial charge in [0.25, 0.3) is 0 Å². The van der Waals surface area contributed by atoms with Crippen molar-refractivity contribution in [3.63, 3.8) is 0 Å². The number of likely N-dealkylation sites (N-methyl/N-ethyl adjacent to an activating group) is 1. The summed E-state index contributed by atoms with van der Waals surface area (Å²) >= 11 is 0. The van der Waals surface area contributed by atoms with Crippen LogP contribution in [-0.4, -0.2) is 62.2 Å². The van der Waals surface area contributed by atoms with Crippen LogP contribution in [0.15, 0.2) is 0 Å². The van der Waals surface area contributed by atoms with Gasteiger partial charge in [-0.1, -0.05) is 13.3 Å². The van der Waals surface area contributed by atoms with Crippen LogP contribution in [0.2, 0.25) is 0 Å². The molecular weight excluding hydrogens is 234 g/mol. The highest BCUT2D eigenvalue weighted by molar-refractivity contribution is 4.84. The summed E-state index contributed by atoms with van der Waals surface area (Å²) in [7, 11) is 4.42. The smallest absolute Gasteiger partial charge is 0.0220 e. The zero-order valence-electron chi connectivity index (χ0n) is 13.2. The van der Waals surface area contributed by atoms with Crippen LogP contribution in [0.25, 0.3) is 0 Å². The second-order valence-electron chi connectivity index (χ2n) is 6.59. The molecule has 0 aromatic heterocycles. The molecule has 0 radical (unpaired) electrons. The first-order valence-corrected chi connectivity index (χ1v) is 8.34. The number of nitrogens with zero attached hydrogens (tertiary/aromatic N) is 2. The standard InChI is InChI=1S/C16H33N3/c1-4-15-13-18(3)10-6-11-19(15)12-9-14-7-5-8-16(14)17-2/h14-17H,4-13H2,1-3H3. The van der Waals surface area contributed by atoms with Crippen molar-refractivity contribution >= 4 is 0 Å². The third kappa shape index (κ3) is 4.17. The van der Waals surface area contributed by atoms with Crippen molar-refractivity contribution in [3.8, 4) is 0 Å². The van der Waals surface area contributed by atoms with Crippen molar-refractivity contribution in [3.05, 3.63) is 0 Å². The van der Waals surface area contributed by atoms with Gasteiger partial charge in [-0.05, 0) is 71.8 Å². The summed E-state index contributed by atoms with van der Waals surface area (Å²) in [5.41, 5.74) is 0. The molecule has 0 aromatic carbocycles. The van der Waals surface area contributed by atoms with E-state index in [2.05, 4.69) is 36.1 Å². The van der Waals surface area contributed by atoms with E-state index in [1.165, 1.54) is 64.7 Å². The minimum atomic E-state index is 0.780. The molecule has 0 amide bonds. The summed E-state index contributed by atoms with van der Waals surface area (Å²) in [6, 6.07) is 1.57. The molecule has 1 saturated heterocycles. The van der Waals surface area contributed by atoms with Gasteiger partial charge in [0.1, 0.15) is 0 Å². The Labute approximate surface area is 119 Å². The summed E-state index contributed by atoms with van der Waals surface area (Å²) in [5, 5.41) is 3.52. The Kier molecular flexibility index (Phi) is 6.11. The number of hydrogen-bond acceptors (Lipinski definition) is 3. The van der Waals surface area contributed by atoms with E-state index < -0.39 is 0 Å². The van der Waals surface area contributed by atoms with Crippen molar-refractivity contribution in [2.75, 3.05) is 40.3 Å². The zero-order valence-corrected chi connectivity index (χ0v) is 13.2. The van der Waals surface area contributed by atoms with Crippen molar-refractivity contribution in [2.24, 2.45) is 5.92 Å². The second kappa shape index (κ2) is 7.61. The van der Waals surface area contributed by atoms with Crippen LogP contribution >= 0.6 is 0 Å². The van der Waals surface area contributed by atoms with Gasteiger partial charge >= 0.3 is 0 Å². The van der Waals surface area contributed by atoms with Crippen molar-refractivity contribution in [1.82, 2.24) is 15.1 Å². The average Bonchev–Trinajstić information content (AvgIpc) is 2.79. The van der Waals surface area contributed by atoms with Crippen LogP contribution in [0.4, 0.5) is 0 Å². The normalized spacial score (nSPS) is 34.6. The highest BCUT2D eigenvalue weighted by Crippen LogP contribution is 2.28. The molecule has 112 valence electrons. The molecule has 0 aromatic rings. The highest BCUT2D eigenvalue weighted by Gasteiger charge is 2.28. The Morgan fingerprint density at radius 2 is 2.00 bits per heavy atom. The topological polar surface area (TPSA) is 18.5 Å². The lowest BCUT2D eigenvalue weighted by Crippen LogP contribution is -2.41. The predicted molar refractivity (Wildman–Crippen MR) is 82.6 cm³/mol. The fraction of sp³-hybridized carbons (Fsp3) is 1.00. The van der Waals surface area contributed by atoms with E-state index in [1.54, 1.807) is 0 Å². The molecule has 3 nitrogen and oxygen atoms in total. The molecule has 1 N–H and O–H groups in total. The zero-order chi connectivity index (χ0) is 13.7. The summed E-state index contributed by atoms with van der Waals surface area (Å²) in [5.74, 6) is 0.920. The SMILES string of the molecule is CCC1CN(C)CCCN1CCC1CCCC1NC. The molecule has 1 aliphatic heterocycles. The Hall–Kier alpha value is -0.120. The minimum absolute atomic E-state index is 0.780. The molecule has 2 fully saturated rings. The van der Waals surface area contributed by atoms with Gasteiger partial charge in [0.2, 0.25) is 0 Å². The van der Waals surface area contributed by atoms with Crippen molar-refractivity contribution < 1.29 is 0 Å². The Morgan fingerprint density at radius 1 is 1.16 bits per heavy atom. The number of hydrogen-bond donors (Lipinski definition) is 1. The van der Waals surface area contributed by atoms with Gasteiger partial charge in [0, 0.05) is 18.6 Å². The van der Waals surface area contributed by atoms with Gasteiger partial charge in [-0.2, -0.15) is 0 Å². The largest absolute Gasteiger partial charge is 0.317 e. The van der Waals surface area contributed by atoms with E-state index in [1.807, 2.05) is 0 Å². The Balaban J connectivity index is 1.82. The maximum absolute atomic E-state index is 3.52. The second-order valence-corrected chi connectivity index (χ2v) is 6.59. The molecule has 1 aliphatic carbocycles. The Bertz CT molecular complexity index is 256. The first-order valence-electron chi connectivity index (χ1n) is 8.34. The summed E-state index contributed by atoms with van der Waals surface area (Å²) < 4.78 is 0. The van der Waals surface area contributed by atoms with Crippen molar-refractivity contribution in [2.45, 2.75) is 57.5 Å². The molecule has 19 heavy (non-hydrogen) atoms. The monoisotopic (exact) mass is 267 g/mol. The van der Waals surface area contributed by atoms with Gasteiger partial charge in [-0.15, -0.1) is 0 Å². The van der Waals surface area contributed by atoms with Crippen molar-refractivity contribution in [1.29, 1.82) is 0 Å². The summed E-state index contributed by atoms with van der Waals surface area (Å²) in [6.07, 6.45) is 8.29. The third-order valence-electron chi connectivity index (χ3n) is 5.31. The van der Waals surface area contributed by atoms with Crippen LogP contribution in [0.5, 0.6) is 0 Å². The van der Waals surface area contributed by atoms with Gasteiger partial charge in [-0.25, -0.2) is 0 Å². The highest BCUT2D eigenvalue weighted by atomic mass is 15.2. The Morgan fingerprint density at radius 3 is 2.74 bits per heavy atom. The van der Waals surface area contributed by atoms with Gasteiger partial charge < -0.3 is 10.2 Å². The van der Waals surface area contributed by atoms with E-state index >= 15 is 0 Å². The minimum Gasteiger partial charge on any atom is -0.317 e. The molecule has 1 saturated carbocycles. The molecule has 0 spiro atoms. The number of nitrogens with one attached hydrogen (secondary N) is 1. The summed E-state index contributed by atoms with van der Waals surface area (Å²) in [4.78, 5) is 5.29. The molecule has 0 bridgehead atoms. The van der Waals surface area contributed by atoms with E-state index in [0.717, 1.165) is 18.0 Å². The fourth-order valence-electron chi connectivity index (χ4n) is 4.07. The lowest BCUT2D eigenvalue weighted by atomic mass is 9.98. The van der Waals surface area contributed by atoms with E-state index in [9.17, 15) is 0 Å². The van der Waals surface area contributed by atoms with E-state index in [0.29, 0.717) is 0 Å².